The Hall–Kier alpha value is -3.25. The second-order valence-electron chi connectivity index (χ2n) is 7.63. The van der Waals surface area contributed by atoms with E-state index in [-0.39, 0.29) is 5.91 Å². The van der Waals surface area contributed by atoms with Crippen molar-refractivity contribution >= 4 is 28.4 Å². The van der Waals surface area contributed by atoms with Gasteiger partial charge in [-0.1, -0.05) is 35.4 Å². The van der Waals surface area contributed by atoms with E-state index in [2.05, 4.69) is 15.1 Å². The number of fused-ring (bicyclic) bond motifs is 1. The van der Waals surface area contributed by atoms with Crippen LogP contribution >= 0.6 is 11.6 Å². The van der Waals surface area contributed by atoms with Crippen LogP contribution in [-0.2, 0) is 13.1 Å². The summed E-state index contributed by atoms with van der Waals surface area (Å²) in [6.07, 6.45) is 1.82. The molecule has 31 heavy (non-hydrogen) atoms. The van der Waals surface area contributed by atoms with E-state index in [1.807, 2.05) is 68.0 Å². The zero-order valence-electron chi connectivity index (χ0n) is 18.1. The van der Waals surface area contributed by atoms with Crippen molar-refractivity contribution in [2.45, 2.75) is 33.9 Å². The molecule has 0 saturated heterocycles. The Morgan fingerprint density at radius 2 is 1.90 bits per heavy atom. The number of aryl methyl sites for hydroxylation is 2. The molecular weight excluding hydrogens is 410 g/mol. The minimum Gasteiger partial charge on any atom is -0.336 e. The van der Waals surface area contributed by atoms with Crippen molar-refractivity contribution in [2.24, 2.45) is 0 Å². The van der Waals surface area contributed by atoms with Crippen LogP contribution in [0, 0.1) is 13.8 Å². The van der Waals surface area contributed by atoms with Gasteiger partial charge in [-0.3, -0.25) is 9.48 Å². The Kier molecular flexibility index (Phi) is 5.74. The van der Waals surface area contributed by atoms with Gasteiger partial charge in [-0.15, -0.1) is 0 Å². The first kappa shape index (κ1) is 21.0. The number of carbonyl (C=O) groups excluding carboxylic acids is 1. The summed E-state index contributed by atoms with van der Waals surface area (Å²) in [5, 5.41) is 5.66. The van der Waals surface area contributed by atoms with Crippen LogP contribution < -0.4 is 0 Å². The first-order valence-corrected chi connectivity index (χ1v) is 10.6. The number of aromatic nitrogens is 4. The van der Waals surface area contributed by atoms with Gasteiger partial charge in [0.1, 0.15) is 5.69 Å². The maximum Gasteiger partial charge on any atom is 0.273 e. The first-order valence-electron chi connectivity index (χ1n) is 10.2. The third kappa shape index (κ3) is 4.03. The number of rotatable bonds is 5. The number of hydrogen-bond acceptors (Lipinski definition) is 4. The van der Waals surface area contributed by atoms with Crippen LogP contribution in [0.4, 0.5) is 0 Å². The summed E-state index contributed by atoms with van der Waals surface area (Å²) in [6, 6.07) is 13.2. The third-order valence-electron chi connectivity index (χ3n) is 5.43. The topological polar surface area (TPSA) is 63.9 Å². The molecule has 0 spiro atoms. The molecule has 0 unspecified atom stereocenters. The predicted octanol–water partition coefficient (Wildman–Crippen LogP) is 5.06. The van der Waals surface area contributed by atoms with Gasteiger partial charge in [0, 0.05) is 42.3 Å². The maximum absolute atomic E-state index is 13.5. The molecule has 7 heteroatoms. The Labute approximate surface area is 186 Å². The monoisotopic (exact) mass is 433 g/mol. The minimum absolute atomic E-state index is 0.171. The molecule has 4 rings (SSSR count). The van der Waals surface area contributed by atoms with Crippen molar-refractivity contribution in [3.8, 4) is 11.4 Å². The fraction of sp³-hybridized carbons (Fsp3) is 0.250. The van der Waals surface area contributed by atoms with Crippen molar-refractivity contribution in [3.05, 3.63) is 76.2 Å². The van der Waals surface area contributed by atoms with Gasteiger partial charge in [-0.05, 0) is 45.0 Å². The van der Waals surface area contributed by atoms with Crippen LogP contribution in [0.15, 0.2) is 48.7 Å². The lowest BCUT2D eigenvalue weighted by molar-refractivity contribution is 0.0781. The second kappa shape index (κ2) is 8.47. The van der Waals surface area contributed by atoms with E-state index < -0.39 is 0 Å². The Morgan fingerprint density at radius 1 is 1.13 bits per heavy atom. The molecule has 0 radical (unpaired) electrons. The molecule has 0 aliphatic heterocycles. The number of amides is 1. The van der Waals surface area contributed by atoms with Gasteiger partial charge in [0.05, 0.1) is 16.7 Å². The average Bonchev–Trinajstić information content (AvgIpc) is 3.12. The predicted molar refractivity (Wildman–Crippen MR) is 123 cm³/mol. The van der Waals surface area contributed by atoms with Crippen LogP contribution in [0.2, 0.25) is 5.02 Å². The molecule has 0 fully saturated rings. The highest BCUT2D eigenvalue weighted by Crippen LogP contribution is 2.28. The highest BCUT2D eigenvalue weighted by molar-refractivity contribution is 6.33. The van der Waals surface area contributed by atoms with Gasteiger partial charge < -0.3 is 4.90 Å². The largest absolute Gasteiger partial charge is 0.336 e. The minimum atomic E-state index is -0.171. The van der Waals surface area contributed by atoms with Gasteiger partial charge in [-0.2, -0.15) is 5.10 Å². The smallest absolute Gasteiger partial charge is 0.273 e. The highest BCUT2D eigenvalue weighted by atomic mass is 35.5. The number of carbonyl (C=O) groups is 1. The lowest BCUT2D eigenvalue weighted by atomic mass is 10.1. The van der Waals surface area contributed by atoms with Crippen molar-refractivity contribution in [1.82, 2.24) is 24.6 Å². The normalized spacial score (nSPS) is 11.1. The molecule has 158 valence electrons. The van der Waals surface area contributed by atoms with E-state index in [9.17, 15) is 4.79 Å². The summed E-state index contributed by atoms with van der Waals surface area (Å²) >= 11 is 6.39. The van der Waals surface area contributed by atoms with E-state index in [0.717, 1.165) is 28.8 Å². The molecule has 0 N–H and O–H groups in total. The zero-order valence-corrected chi connectivity index (χ0v) is 18.8. The van der Waals surface area contributed by atoms with Crippen LogP contribution in [0.25, 0.3) is 22.3 Å². The molecule has 4 aromatic rings. The van der Waals surface area contributed by atoms with Crippen molar-refractivity contribution in [3.63, 3.8) is 0 Å². The number of hydrogen-bond donors (Lipinski definition) is 0. The Morgan fingerprint density at radius 3 is 2.61 bits per heavy atom. The van der Waals surface area contributed by atoms with Gasteiger partial charge >= 0.3 is 0 Å². The number of benzene rings is 2. The van der Waals surface area contributed by atoms with Gasteiger partial charge in [0.25, 0.3) is 5.91 Å². The fourth-order valence-corrected chi connectivity index (χ4v) is 3.86. The fourth-order valence-electron chi connectivity index (χ4n) is 3.64. The van der Waals surface area contributed by atoms with E-state index in [0.29, 0.717) is 34.2 Å². The molecule has 6 nitrogen and oxygen atoms in total. The Balaban J connectivity index is 1.79. The van der Waals surface area contributed by atoms with Crippen LogP contribution in [0.3, 0.4) is 0 Å². The maximum atomic E-state index is 13.5. The highest BCUT2D eigenvalue weighted by Gasteiger charge is 2.21. The molecule has 0 atom stereocenters. The molecule has 0 aliphatic carbocycles. The summed E-state index contributed by atoms with van der Waals surface area (Å²) in [4.78, 5) is 24.5. The molecule has 1 amide bonds. The van der Waals surface area contributed by atoms with Crippen LogP contribution in [0.5, 0.6) is 0 Å². The van der Waals surface area contributed by atoms with Crippen molar-refractivity contribution < 1.29 is 4.79 Å². The summed E-state index contributed by atoms with van der Waals surface area (Å²) in [5.74, 6) is 0.267. The van der Waals surface area contributed by atoms with E-state index >= 15 is 0 Å². The van der Waals surface area contributed by atoms with E-state index in [1.54, 1.807) is 18.0 Å². The molecule has 0 saturated carbocycles. The van der Waals surface area contributed by atoms with Crippen molar-refractivity contribution in [1.29, 1.82) is 0 Å². The molecule has 2 aromatic heterocycles. The molecule has 0 bridgehead atoms. The molecular formula is C24H24ClN5O. The zero-order chi connectivity index (χ0) is 22.1. The van der Waals surface area contributed by atoms with E-state index in [1.165, 1.54) is 0 Å². The SMILES string of the molecule is CCn1ncc(CN(C)C(=O)c2nc(-c3ccccc3Cl)nc3ccc(C)cc23)c1C. The van der Waals surface area contributed by atoms with Crippen molar-refractivity contribution in [2.75, 3.05) is 7.05 Å². The quantitative estimate of drug-likeness (QED) is 0.441. The molecule has 2 aromatic carbocycles. The average molecular weight is 434 g/mol. The first-order chi connectivity index (χ1) is 14.9. The summed E-state index contributed by atoms with van der Waals surface area (Å²) in [5.41, 5.74) is 4.89. The number of nitrogens with zero attached hydrogens (tertiary/aromatic N) is 5. The lowest BCUT2D eigenvalue weighted by Crippen LogP contribution is -2.28. The van der Waals surface area contributed by atoms with Gasteiger partial charge in [-0.25, -0.2) is 9.97 Å². The molecule has 2 heterocycles. The summed E-state index contributed by atoms with van der Waals surface area (Å²) < 4.78 is 1.92. The van der Waals surface area contributed by atoms with Crippen LogP contribution in [-0.4, -0.2) is 37.6 Å². The standard InChI is InChI=1S/C24H24ClN5O/c1-5-30-16(3)17(13-26-30)14-29(4)24(31)22-19-12-15(2)10-11-21(19)27-23(28-22)18-8-6-7-9-20(18)25/h6-13H,5,14H2,1-4H3. The molecule has 0 aliphatic rings. The van der Waals surface area contributed by atoms with Crippen LogP contribution in [0.1, 0.15) is 34.2 Å². The lowest BCUT2D eigenvalue weighted by Gasteiger charge is -2.18. The third-order valence-corrected chi connectivity index (χ3v) is 5.76. The summed E-state index contributed by atoms with van der Waals surface area (Å²) in [6.45, 7) is 7.29. The van der Waals surface area contributed by atoms with Gasteiger partial charge in [0.15, 0.2) is 5.82 Å². The second-order valence-corrected chi connectivity index (χ2v) is 8.04. The number of halogens is 1. The van der Waals surface area contributed by atoms with Gasteiger partial charge in [0.2, 0.25) is 0 Å². The summed E-state index contributed by atoms with van der Waals surface area (Å²) in [7, 11) is 1.78. The Bertz CT molecular complexity index is 1280. The van der Waals surface area contributed by atoms with E-state index in [4.69, 9.17) is 11.6 Å².